The third-order valence-corrected chi connectivity index (χ3v) is 4.31. The fourth-order valence-electron chi connectivity index (χ4n) is 2.79. The molecular formula is C22H32O3. The van der Waals surface area contributed by atoms with Gasteiger partial charge >= 0.3 is 0 Å². The minimum atomic E-state index is -0.623. The van der Waals surface area contributed by atoms with Crippen LogP contribution in [0.1, 0.15) is 52.0 Å². The van der Waals surface area contributed by atoms with E-state index in [1.165, 1.54) is 5.57 Å². The van der Waals surface area contributed by atoms with Crippen LogP contribution < -0.4 is 0 Å². The number of hydrogen-bond acceptors (Lipinski definition) is 3. The predicted molar refractivity (Wildman–Crippen MR) is 105 cm³/mol. The van der Waals surface area contributed by atoms with Gasteiger partial charge < -0.3 is 15.3 Å². The maximum Gasteiger partial charge on any atom is 0.115 e. The normalized spacial score (nSPS) is 14.0. The second-order valence-electron chi connectivity index (χ2n) is 6.72. The zero-order valence-corrected chi connectivity index (χ0v) is 15.7. The minimum Gasteiger partial charge on any atom is -0.508 e. The molecule has 1 rings (SSSR count). The molecule has 0 aliphatic rings. The lowest BCUT2D eigenvalue weighted by molar-refractivity contribution is 0.199. The molecular weight excluding hydrogens is 312 g/mol. The van der Waals surface area contributed by atoms with Crippen molar-refractivity contribution in [1.29, 1.82) is 0 Å². The van der Waals surface area contributed by atoms with Crippen molar-refractivity contribution in [1.82, 2.24) is 0 Å². The monoisotopic (exact) mass is 344 g/mol. The number of aliphatic hydroxyl groups is 2. The van der Waals surface area contributed by atoms with Gasteiger partial charge in [0.05, 0.1) is 12.7 Å². The van der Waals surface area contributed by atoms with Crippen LogP contribution in [0, 0.1) is 5.92 Å². The molecule has 3 N–H and O–H groups in total. The first-order valence-electron chi connectivity index (χ1n) is 9.05. The molecule has 3 heteroatoms. The second kappa shape index (κ2) is 10.9. The molecule has 138 valence electrons. The molecule has 0 aromatic heterocycles. The number of aliphatic hydroxyl groups excluding tert-OH is 2. The van der Waals surface area contributed by atoms with Crippen molar-refractivity contribution in [2.75, 3.05) is 6.61 Å². The molecule has 0 amide bonds. The molecule has 0 aliphatic carbocycles. The molecule has 0 saturated heterocycles. The highest BCUT2D eigenvalue weighted by Crippen LogP contribution is 2.26. The van der Waals surface area contributed by atoms with Crippen LogP contribution in [0.4, 0.5) is 0 Å². The summed E-state index contributed by atoms with van der Waals surface area (Å²) in [6.07, 6.45) is 6.56. The molecule has 0 saturated carbocycles. The summed E-state index contributed by atoms with van der Waals surface area (Å²) >= 11 is 0. The van der Waals surface area contributed by atoms with Crippen LogP contribution in [0.25, 0.3) is 6.08 Å². The average Bonchev–Trinajstić information content (AvgIpc) is 2.58. The van der Waals surface area contributed by atoms with Gasteiger partial charge in [-0.15, -0.1) is 0 Å². The second-order valence-corrected chi connectivity index (χ2v) is 6.72. The number of hydrogen-bond donors (Lipinski definition) is 3. The van der Waals surface area contributed by atoms with Crippen molar-refractivity contribution in [3.05, 3.63) is 59.2 Å². The summed E-state index contributed by atoms with van der Waals surface area (Å²) in [5.41, 5.74) is 3.94. The summed E-state index contributed by atoms with van der Waals surface area (Å²) in [7, 11) is 0. The Hall–Kier alpha value is -1.84. The van der Waals surface area contributed by atoms with E-state index in [0.29, 0.717) is 6.42 Å². The van der Waals surface area contributed by atoms with Gasteiger partial charge in [-0.2, -0.15) is 0 Å². The Morgan fingerprint density at radius 3 is 2.32 bits per heavy atom. The first-order valence-corrected chi connectivity index (χ1v) is 9.05. The highest BCUT2D eigenvalue weighted by atomic mass is 16.3. The van der Waals surface area contributed by atoms with Crippen molar-refractivity contribution < 1.29 is 15.3 Å². The number of phenols is 1. The lowest BCUT2D eigenvalue weighted by Gasteiger charge is -2.20. The molecule has 0 bridgehead atoms. The highest BCUT2D eigenvalue weighted by molar-refractivity contribution is 5.53. The Bertz CT molecular complexity index is 594. The maximum atomic E-state index is 10.6. The van der Waals surface area contributed by atoms with E-state index in [-0.39, 0.29) is 18.3 Å². The van der Waals surface area contributed by atoms with Gasteiger partial charge in [-0.25, -0.2) is 0 Å². The Balaban J connectivity index is 2.83. The quantitative estimate of drug-likeness (QED) is 0.532. The van der Waals surface area contributed by atoms with E-state index in [0.717, 1.165) is 36.0 Å². The SMILES string of the molecule is C=C(/C(=C/CO)C(O)CC/C(=C/c1ccc(O)cc1)CCC)C(C)C. The van der Waals surface area contributed by atoms with Crippen LogP contribution in [0.3, 0.4) is 0 Å². The van der Waals surface area contributed by atoms with Crippen LogP contribution in [0.15, 0.2) is 53.6 Å². The van der Waals surface area contributed by atoms with Crippen molar-refractivity contribution >= 4 is 6.08 Å². The topological polar surface area (TPSA) is 60.7 Å². The molecule has 1 atom stereocenters. The predicted octanol–water partition coefficient (Wildman–Crippen LogP) is 4.85. The minimum absolute atomic E-state index is 0.0940. The van der Waals surface area contributed by atoms with Crippen LogP contribution in [0.2, 0.25) is 0 Å². The third-order valence-electron chi connectivity index (χ3n) is 4.31. The zero-order chi connectivity index (χ0) is 18.8. The summed E-state index contributed by atoms with van der Waals surface area (Å²) < 4.78 is 0. The van der Waals surface area contributed by atoms with E-state index >= 15 is 0 Å². The fourth-order valence-corrected chi connectivity index (χ4v) is 2.79. The molecule has 0 radical (unpaired) electrons. The van der Waals surface area contributed by atoms with Crippen molar-refractivity contribution in [2.45, 2.75) is 52.6 Å². The Kier molecular flexibility index (Phi) is 9.25. The van der Waals surface area contributed by atoms with Gasteiger partial charge in [0, 0.05) is 0 Å². The standard InChI is InChI=1S/C22H32O3/c1-5-6-18(15-19-7-10-20(24)11-8-19)9-12-22(25)21(13-14-23)17(4)16(2)3/h7-8,10-11,13,15-16,22-25H,4-6,9,12,14H2,1-3H3/b18-15+,21-13-. The molecule has 0 spiro atoms. The Labute approximate surface area is 152 Å². The van der Waals surface area contributed by atoms with E-state index < -0.39 is 6.10 Å². The summed E-state index contributed by atoms with van der Waals surface area (Å²) in [4.78, 5) is 0. The first kappa shape index (κ1) is 21.2. The largest absolute Gasteiger partial charge is 0.508 e. The van der Waals surface area contributed by atoms with Gasteiger partial charge in [-0.3, -0.25) is 0 Å². The van der Waals surface area contributed by atoms with Crippen molar-refractivity contribution in [3.8, 4) is 5.75 Å². The molecule has 0 heterocycles. The lowest BCUT2D eigenvalue weighted by atomic mass is 9.89. The Morgan fingerprint density at radius 1 is 1.16 bits per heavy atom. The number of allylic oxidation sites excluding steroid dienone is 1. The molecule has 3 nitrogen and oxygen atoms in total. The van der Waals surface area contributed by atoms with Gasteiger partial charge in [0.2, 0.25) is 0 Å². The van der Waals surface area contributed by atoms with Crippen molar-refractivity contribution in [2.24, 2.45) is 5.92 Å². The number of phenolic OH excluding ortho intramolecular Hbond substituents is 1. The first-order chi connectivity index (χ1) is 11.9. The molecule has 1 unspecified atom stereocenters. The summed E-state index contributed by atoms with van der Waals surface area (Å²) in [5, 5.41) is 29.2. The Morgan fingerprint density at radius 2 is 1.80 bits per heavy atom. The third kappa shape index (κ3) is 7.29. The number of aromatic hydroxyl groups is 1. The van der Waals surface area contributed by atoms with Gasteiger partial charge in [0.25, 0.3) is 0 Å². The van der Waals surface area contributed by atoms with E-state index in [1.807, 2.05) is 26.0 Å². The molecule has 1 aromatic carbocycles. The van der Waals surface area contributed by atoms with Gasteiger partial charge in [-0.1, -0.05) is 63.6 Å². The molecule has 1 aromatic rings. The fraction of sp³-hybridized carbons (Fsp3) is 0.455. The van der Waals surface area contributed by atoms with Gasteiger partial charge in [-0.05, 0) is 54.0 Å². The summed E-state index contributed by atoms with van der Waals surface area (Å²) in [6, 6.07) is 7.14. The van der Waals surface area contributed by atoms with Crippen LogP contribution in [-0.2, 0) is 0 Å². The molecule has 25 heavy (non-hydrogen) atoms. The smallest absolute Gasteiger partial charge is 0.115 e. The summed E-state index contributed by atoms with van der Waals surface area (Å²) in [6.45, 7) is 10.2. The molecule has 0 fully saturated rings. The van der Waals surface area contributed by atoms with Crippen LogP contribution in [0.5, 0.6) is 5.75 Å². The number of rotatable bonds is 10. The van der Waals surface area contributed by atoms with Gasteiger partial charge in [0.15, 0.2) is 0 Å². The van der Waals surface area contributed by atoms with Crippen LogP contribution >= 0.6 is 0 Å². The highest BCUT2D eigenvalue weighted by Gasteiger charge is 2.16. The van der Waals surface area contributed by atoms with E-state index in [4.69, 9.17) is 0 Å². The maximum absolute atomic E-state index is 10.6. The van der Waals surface area contributed by atoms with Crippen LogP contribution in [-0.4, -0.2) is 28.0 Å². The van der Waals surface area contributed by atoms with Gasteiger partial charge in [0.1, 0.15) is 5.75 Å². The average molecular weight is 344 g/mol. The lowest BCUT2D eigenvalue weighted by Crippen LogP contribution is -2.15. The molecule has 0 aliphatic heterocycles. The number of benzene rings is 1. The summed E-state index contributed by atoms with van der Waals surface area (Å²) in [5.74, 6) is 0.491. The zero-order valence-electron chi connectivity index (χ0n) is 15.7. The van der Waals surface area contributed by atoms with E-state index in [2.05, 4.69) is 19.6 Å². The van der Waals surface area contributed by atoms with E-state index in [9.17, 15) is 15.3 Å². The van der Waals surface area contributed by atoms with Crippen molar-refractivity contribution in [3.63, 3.8) is 0 Å². The van der Waals surface area contributed by atoms with E-state index in [1.54, 1.807) is 18.2 Å².